The molecule has 6 rings (SSSR count). The van der Waals surface area contributed by atoms with Gasteiger partial charge in [-0.05, 0) is 85.2 Å². The lowest BCUT2D eigenvalue weighted by molar-refractivity contribution is -0.152. The summed E-state index contributed by atoms with van der Waals surface area (Å²) in [5, 5.41) is 4.29. The average molecular weight is 720 g/mol. The van der Waals surface area contributed by atoms with Crippen LogP contribution in [0.4, 0.5) is 0 Å². The van der Waals surface area contributed by atoms with Crippen LogP contribution in [-0.4, -0.2) is 63.5 Å². The summed E-state index contributed by atoms with van der Waals surface area (Å²) in [4.78, 5) is 18.7. The van der Waals surface area contributed by atoms with Gasteiger partial charge in [-0.25, -0.2) is 0 Å². The Labute approximate surface area is 310 Å². The number of methoxy groups -OCH3 is 2. The smallest absolute Gasteiger partial charge is 0.306 e. The zero-order valence-electron chi connectivity index (χ0n) is 30.1. The molecule has 2 aliphatic rings. The number of oxime groups is 1. The van der Waals surface area contributed by atoms with Crippen LogP contribution in [-0.2, 0) is 23.8 Å². The van der Waals surface area contributed by atoms with Gasteiger partial charge in [-0.1, -0.05) is 78.0 Å². The van der Waals surface area contributed by atoms with Gasteiger partial charge in [0, 0.05) is 0 Å². The Morgan fingerprint density at radius 3 is 1.51 bits per heavy atom. The van der Waals surface area contributed by atoms with Crippen LogP contribution in [0.15, 0.2) is 139 Å². The van der Waals surface area contributed by atoms with Gasteiger partial charge in [-0.2, -0.15) is 0 Å². The largest absolute Gasteiger partial charge is 0.497 e. The van der Waals surface area contributed by atoms with Crippen LogP contribution >= 0.6 is 0 Å². The number of hydrogen-bond donors (Lipinski definition) is 0. The van der Waals surface area contributed by atoms with Crippen LogP contribution in [0.2, 0.25) is 0 Å². The van der Waals surface area contributed by atoms with Crippen LogP contribution in [0.1, 0.15) is 43.1 Å². The SMILES string of the molecule is COc1ccc(O[C@H]2C=C[C@@H](c3ccccc3)O[C@@H]2CO/N=C(\C)CCC(=O)OC[C@H]2O[C@H](c3ccccc3)C=C[C@@H]2Oc2ccc(OC)cc2)cc1. The van der Waals surface area contributed by atoms with Gasteiger partial charge in [0.05, 0.1) is 26.4 Å². The van der Waals surface area contributed by atoms with Crippen LogP contribution in [0.5, 0.6) is 23.0 Å². The van der Waals surface area contributed by atoms with Gasteiger partial charge in [0.25, 0.3) is 0 Å². The van der Waals surface area contributed by atoms with E-state index in [9.17, 15) is 4.79 Å². The summed E-state index contributed by atoms with van der Waals surface area (Å²) in [5.74, 6) is 2.41. The number of carbonyl (C=O) groups excluding carboxylic acids is 1. The van der Waals surface area contributed by atoms with Gasteiger partial charge in [0.1, 0.15) is 72.8 Å². The maximum absolute atomic E-state index is 12.9. The highest BCUT2D eigenvalue weighted by atomic mass is 16.6. The standard InChI is InChI=1S/C43H45NO9/c1-30(44-49-29-42-40(51-36-21-17-34(47-3)18-22-36)26-24-38(53-42)32-12-8-5-9-13-32)14-27-43(45)48-28-41-39(50-35-19-15-33(46-2)16-20-35)25-23-37(52-41)31-10-6-4-7-11-31/h4-13,15-26,37-42H,14,27-29H2,1-3H3/b44-30+/t37-,38-,39-,40-,41+,42+/m0/s1. The fourth-order valence-corrected chi connectivity index (χ4v) is 5.87. The third-order valence-corrected chi connectivity index (χ3v) is 8.80. The molecule has 0 unspecified atom stereocenters. The number of carbonyl (C=O) groups is 1. The first-order chi connectivity index (χ1) is 26.0. The van der Waals surface area contributed by atoms with E-state index in [1.54, 1.807) is 14.2 Å². The van der Waals surface area contributed by atoms with Gasteiger partial charge in [-0.15, -0.1) is 0 Å². The van der Waals surface area contributed by atoms with E-state index in [-0.39, 0.29) is 37.8 Å². The van der Waals surface area contributed by atoms with Crippen molar-refractivity contribution in [2.75, 3.05) is 27.4 Å². The highest BCUT2D eigenvalue weighted by molar-refractivity contribution is 5.85. The van der Waals surface area contributed by atoms with Crippen LogP contribution in [0, 0.1) is 0 Å². The zero-order chi connectivity index (χ0) is 36.8. The summed E-state index contributed by atoms with van der Waals surface area (Å²) in [6, 6.07) is 34.5. The highest BCUT2D eigenvalue weighted by Gasteiger charge is 2.32. The molecule has 2 aliphatic heterocycles. The van der Waals surface area contributed by atoms with Crippen molar-refractivity contribution in [3.05, 3.63) is 145 Å². The second-order valence-electron chi connectivity index (χ2n) is 12.6. The number of hydrogen-bond acceptors (Lipinski definition) is 10. The molecule has 0 aliphatic carbocycles. The zero-order valence-corrected chi connectivity index (χ0v) is 30.1. The van der Waals surface area contributed by atoms with Gasteiger partial charge in [0.15, 0.2) is 0 Å². The Balaban J connectivity index is 1.02. The lowest BCUT2D eigenvalue weighted by Gasteiger charge is -2.32. The normalized spacial score (nSPS) is 22.4. The second kappa shape index (κ2) is 18.8. The summed E-state index contributed by atoms with van der Waals surface area (Å²) in [7, 11) is 3.24. The lowest BCUT2D eigenvalue weighted by Crippen LogP contribution is -2.40. The molecule has 0 spiro atoms. The van der Waals surface area contributed by atoms with E-state index >= 15 is 0 Å². The minimum Gasteiger partial charge on any atom is -0.497 e. The predicted molar refractivity (Wildman–Crippen MR) is 200 cm³/mol. The van der Waals surface area contributed by atoms with Gasteiger partial charge in [0.2, 0.25) is 0 Å². The maximum atomic E-state index is 12.9. The fraction of sp³-hybridized carbons (Fsp3) is 0.302. The molecule has 10 heteroatoms. The molecule has 0 saturated heterocycles. The van der Waals surface area contributed by atoms with Crippen molar-refractivity contribution in [2.45, 2.75) is 56.4 Å². The molecule has 0 amide bonds. The molecular formula is C43H45NO9. The predicted octanol–water partition coefficient (Wildman–Crippen LogP) is 8.01. The first-order valence-electron chi connectivity index (χ1n) is 17.7. The molecule has 0 N–H and O–H groups in total. The third-order valence-electron chi connectivity index (χ3n) is 8.80. The molecule has 0 bridgehead atoms. The van der Waals surface area contributed by atoms with Gasteiger partial charge < -0.3 is 38.0 Å². The van der Waals surface area contributed by atoms with Crippen molar-refractivity contribution in [3.8, 4) is 23.0 Å². The highest BCUT2D eigenvalue weighted by Crippen LogP contribution is 2.31. The monoisotopic (exact) mass is 719 g/mol. The molecule has 276 valence electrons. The van der Waals surface area contributed by atoms with Crippen molar-refractivity contribution in [2.24, 2.45) is 5.16 Å². The Morgan fingerprint density at radius 2 is 1.04 bits per heavy atom. The van der Waals surface area contributed by atoms with E-state index in [0.717, 1.165) is 22.6 Å². The molecule has 53 heavy (non-hydrogen) atoms. The van der Waals surface area contributed by atoms with Crippen molar-refractivity contribution in [1.29, 1.82) is 0 Å². The van der Waals surface area contributed by atoms with Crippen molar-refractivity contribution >= 4 is 11.7 Å². The van der Waals surface area contributed by atoms with E-state index in [0.29, 0.717) is 23.6 Å². The van der Waals surface area contributed by atoms with E-state index < -0.39 is 24.4 Å². The minimum atomic E-state index is -0.535. The van der Waals surface area contributed by atoms with E-state index in [2.05, 4.69) is 5.16 Å². The lowest BCUT2D eigenvalue weighted by atomic mass is 10.0. The number of nitrogens with zero attached hydrogens (tertiary/aromatic N) is 1. The average Bonchev–Trinajstić information content (AvgIpc) is 3.21. The Kier molecular flexibility index (Phi) is 13.2. The maximum Gasteiger partial charge on any atom is 0.306 e. The number of benzene rings is 4. The first-order valence-corrected chi connectivity index (χ1v) is 17.7. The van der Waals surface area contributed by atoms with Crippen LogP contribution in [0.25, 0.3) is 0 Å². The Morgan fingerprint density at radius 1 is 0.585 bits per heavy atom. The minimum absolute atomic E-state index is 0.0186. The summed E-state index contributed by atoms with van der Waals surface area (Å²) < 4.78 is 41.6. The molecule has 4 aromatic carbocycles. The van der Waals surface area contributed by atoms with Gasteiger partial charge >= 0.3 is 5.97 Å². The summed E-state index contributed by atoms with van der Waals surface area (Å²) >= 11 is 0. The van der Waals surface area contributed by atoms with Crippen molar-refractivity contribution in [1.82, 2.24) is 0 Å². The van der Waals surface area contributed by atoms with Crippen molar-refractivity contribution < 1.29 is 42.8 Å². The Bertz CT molecular complexity index is 1810. The van der Waals surface area contributed by atoms with E-state index in [1.165, 1.54) is 0 Å². The molecule has 0 saturated carbocycles. The summed E-state index contributed by atoms with van der Waals surface area (Å²) in [6.45, 7) is 1.97. The third kappa shape index (κ3) is 10.7. The summed E-state index contributed by atoms with van der Waals surface area (Å²) in [6.07, 6.45) is 5.96. The molecule has 6 atom stereocenters. The van der Waals surface area contributed by atoms with Crippen LogP contribution < -0.4 is 18.9 Å². The number of rotatable bonds is 16. The molecule has 0 fully saturated rings. The van der Waals surface area contributed by atoms with Crippen molar-refractivity contribution in [3.63, 3.8) is 0 Å². The Hall–Kier alpha value is -5.58. The molecule has 0 radical (unpaired) electrons. The fourth-order valence-electron chi connectivity index (χ4n) is 5.87. The second-order valence-corrected chi connectivity index (χ2v) is 12.6. The topological polar surface area (TPSA) is 103 Å². The molecule has 0 aromatic heterocycles. The first kappa shape index (κ1) is 37.2. The molecule has 10 nitrogen and oxygen atoms in total. The molecular weight excluding hydrogens is 674 g/mol. The molecule has 2 heterocycles. The van der Waals surface area contributed by atoms with E-state index in [1.807, 2.05) is 140 Å². The summed E-state index contributed by atoms with van der Waals surface area (Å²) in [5.41, 5.74) is 2.67. The molecule has 4 aromatic rings. The quantitative estimate of drug-likeness (QED) is 0.0493. The van der Waals surface area contributed by atoms with Crippen LogP contribution in [0.3, 0.4) is 0 Å². The number of ether oxygens (including phenoxy) is 7. The number of esters is 1. The van der Waals surface area contributed by atoms with Gasteiger partial charge in [-0.3, -0.25) is 4.79 Å². The van der Waals surface area contributed by atoms with E-state index in [4.69, 9.17) is 38.0 Å².